The van der Waals surface area contributed by atoms with Crippen LogP contribution in [0.25, 0.3) is 10.9 Å². The maximum Gasteiger partial charge on any atom is 0.353 e. The highest BCUT2D eigenvalue weighted by Crippen LogP contribution is 2.25. The van der Waals surface area contributed by atoms with Gasteiger partial charge >= 0.3 is 11.9 Å². The van der Waals surface area contributed by atoms with Gasteiger partial charge in [0.05, 0.1) is 0 Å². The number of benzene rings is 1. The number of aromatic nitrogens is 1. The normalized spacial score (nSPS) is 14.7. The van der Waals surface area contributed by atoms with E-state index in [9.17, 15) is 19.8 Å². The third-order valence-corrected chi connectivity index (χ3v) is 3.38. The van der Waals surface area contributed by atoms with Gasteiger partial charge in [-0.3, -0.25) is 0 Å². The second-order valence-electron chi connectivity index (χ2n) is 4.90. The molecular weight excluding hydrogens is 292 g/mol. The summed E-state index contributed by atoms with van der Waals surface area (Å²) < 4.78 is 0. The molecule has 1 aromatic carbocycles. The molecule has 0 amide bonds. The summed E-state index contributed by atoms with van der Waals surface area (Å²) in [6, 6.07) is 7.10. The SMILES string of the molecule is O=C(O)C(C[C@](O)(Cc1c[nH]c2ccccc12)C(=O)O)=NO. The topological polar surface area (TPSA) is 143 Å². The zero-order valence-electron chi connectivity index (χ0n) is 11.4. The number of nitrogens with one attached hydrogen (secondary N) is 1. The molecule has 5 N–H and O–H groups in total. The van der Waals surface area contributed by atoms with Crippen molar-refractivity contribution in [2.24, 2.45) is 5.16 Å². The van der Waals surface area contributed by atoms with Crippen LogP contribution in [0.1, 0.15) is 12.0 Å². The molecule has 22 heavy (non-hydrogen) atoms. The quantitative estimate of drug-likeness (QED) is 0.304. The third kappa shape index (κ3) is 2.91. The number of hydrogen-bond donors (Lipinski definition) is 5. The predicted molar refractivity (Wildman–Crippen MR) is 76.1 cm³/mol. The zero-order valence-corrected chi connectivity index (χ0v) is 11.4. The number of fused-ring (bicyclic) bond motifs is 1. The zero-order chi connectivity index (χ0) is 16.3. The van der Waals surface area contributed by atoms with Crippen LogP contribution in [0, 0.1) is 0 Å². The highest BCUT2D eigenvalue weighted by Gasteiger charge is 2.40. The van der Waals surface area contributed by atoms with Crippen LogP contribution in [0.3, 0.4) is 0 Å². The summed E-state index contributed by atoms with van der Waals surface area (Å²) in [5.41, 5.74) is -1.95. The molecular formula is C14H14N2O6. The lowest BCUT2D eigenvalue weighted by molar-refractivity contribution is -0.157. The first-order chi connectivity index (χ1) is 10.4. The average molecular weight is 306 g/mol. The van der Waals surface area contributed by atoms with E-state index in [4.69, 9.17) is 10.3 Å². The van der Waals surface area contributed by atoms with Gasteiger partial charge in [0.15, 0.2) is 11.3 Å². The van der Waals surface area contributed by atoms with Crippen LogP contribution in [-0.2, 0) is 16.0 Å². The summed E-state index contributed by atoms with van der Waals surface area (Å²) in [5.74, 6) is -3.19. The highest BCUT2D eigenvalue weighted by atomic mass is 16.4. The van der Waals surface area contributed by atoms with E-state index in [2.05, 4.69) is 10.1 Å². The first-order valence-electron chi connectivity index (χ1n) is 6.32. The van der Waals surface area contributed by atoms with Gasteiger partial charge in [0.25, 0.3) is 0 Å². The summed E-state index contributed by atoms with van der Waals surface area (Å²) in [6.45, 7) is 0. The summed E-state index contributed by atoms with van der Waals surface area (Å²) in [7, 11) is 0. The minimum Gasteiger partial charge on any atom is -0.479 e. The van der Waals surface area contributed by atoms with Crippen molar-refractivity contribution in [1.29, 1.82) is 0 Å². The average Bonchev–Trinajstić information content (AvgIpc) is 2.87. The summed E-state index contributed by atoms with van der Waals surface area (Å²) in [4.78, 5) is 25.2. The van der Waals surface area contributed by atoms with Crippen molar-refractivity contribution in [3.8, 4) is 0 Å². The van der Waals surface area contributed by atoms with Crippen molar-refractivity contribution in [3.63, 3.8) is 0 Å². The van der Waals surface area contributed by atoms with Gasteiger partial charge in [-0.1, -0.05) is 23.4 Å². The van der Waals surface area contributed by atoms with Crippen molar-refractivity contribution in [1.82, 2.24) is 4.98 Å². The molecule has 0 unspecified atom stereocenters. The summed E-state index contributed by atoms with van der Waals surface area (Å²) >= 11 is 0. The fraction of sp³-hybridized carbons (Fsp3) is 0.214. The van der Waals surface area contributed by atoms with Gasteiger partial charge in [0.1, 0.15) is 0 Å². The van der Waals surface area contributed by atoms with Crippen LogP contribution in [0.4, 0.5) is 0 Å². The van der Waals surface area contributed by atoms with E-state index in [1.54, 1.807) is 30.5 Å². The molecule has 0 radical (unpaired) electrons. The summed E-state index contributed by atoms with van der Waals surface area (Å²) in [6.07, 6.45) is 0.390. The van der Waals surface area contributed by atoms with E-state index in [1.807, 2.05) is 0 Å². The van der Waals surface area contributed by atoms with Crippen molar-refractivity contribution >= 4 is 28.6 Å². The molecule has 8 heteroatoms. The number of aliphatic hydroxyl groups is 1. The fourth-order valence-electron chi connectivity index (χ4n) is 2.24. The van der Waals surface area contributed by atoms with Crippen molar-refractivity contribution in [2.45, 2.75) is 18.4 Å². The molecule has 8 nitrogen and oxygen atoms in total. The van der Waals surface area contributed by atoms with Gasteiger partial charge in [-0.2, -0.15) is 0 Å². The second-order valence-corrected chi connectivity index (χ2v) is 4.90. The smallest absolute Gasteiger partial charge is 0.353 e. The number of carboxylic acid groups (broad SMARTS) is 2. The first kappa shape index (κ1) is 15.5. The lowest BCUT2D eigenvalue weighted by atomic mass is 9.89. The molecule has 1 heterocycles. The van der Waals surface area contributed by atoms with E-state index in [-0.39, 0.29) is 6.42 Å². The van der Waals surface area contributed by atoms with Gasteiger partial charge in [-0.05, 0) is 11.6 Å². The predicted octanol–water partition coefficient (Wildman–Crippen LogP) is 0.831. The van der Waals surface area contributed by atoms with Gasteiger partial charge in [0, 0.05) is 29.9 Å². The Morgan fingerprint density at radius 2 is 1.91 bits per heavy atom. The molecule has 1 aromatic heterocycles. The molecule has 0 aliphatic carbocycles. The number of hydrogen-bond acceptors (Lipinski definition) is 5. The van der Waals surface area contributed by atoms with Crippen LogP contribution in [0.5, 0.6) is 0 Å². The number of nitrogens with zero attached hydrogens (tertiary/aromatic N) is 1. The third-order valence-electron chi connectivity index (χ3n) is 3.38. The summed E-state index contributed by atoms with van der Waals surface area (Å²) in [5, 5.41) is 40.2. The molecule has 1 atom stereocenters. The van der Waals surface area contributed by atoms with Crippen LogP contribution >= 0.6 is 0 Å². The van der Waals surface area contributed by atoms with Crippen molar-refractivity contribution in [2.75, 3.05) is 0 Å². The minimum atomic E-state index is -2.40. The van der Waals surface area contributed by atoms with E-state index in [0.29, 0.717) is 5.56 Å². The Morgan fingerprint density at radius 1 is 1.23 bits per heavy atom. The fourth-order valence-corrected chi connectivity index (χ4v) is 2.24. The van der Waals surface area contributed by atoms with Crippen LogP contribution in [0.15, 0.2) is 35.6 Å². The van der Waals surface area contributed by atoms with Crippen LogP contribution < -0.4 is 0 Å². The lowest BCUT2D eigenvalue weighted by Gasteiger charge is -2.22. The van der Waals surface area contributed by atoms with Crippen molar-refractivity contribution < 1.29 is 30.1 Å². The van der Waals surface area contributed by atoms with Crippen molar-refractivity contribution in [3.05, 3.63) is 36.0 Å². The largest absolute Gasteiger partial charge is 0.479 e. The van der Waals surface area contributed by atoms with Crippen LogP contribution in [0.2, 0.25) is 0 Å². The Labute approximate surface area is 124 Å². The number of carbonyl (C=O) groups is 2. The van der Waals surface area contributed by atoms with Gasteiger partial charge in [0.2, 0.25) is 0 Å². The maximum absolute atomic E-state index is 11.4. The lowest BCUT2D eigenvalue weighted by Crippen LogP contribution is -2.44. The number of aromatic amines is 1. The second kappa shape index (κ2) is 5.86. The Balaban J connectivity index is 2.36. The number of rotatable bonds is 6. The molecule has 0 aliphatic rings. The molecule has 0 fully saturated rings. The number of H-pyrrole nitrogens is 1. The molecule has 0 saturated heterocycles. The maximum atomic E-state index is 11.4. The molecule has 0 spiro atoms. The highest BCUT2D eigenvalue weighted by molar-refractivity contribution is 6.36. The van der Waals surface area contributed by atoms with Gasteiger partial charge in [-0.15, -0.1) is 0 Å². The Bertz CT molecular complexity index is 751. The number of para-hydroxylation sites is 1. The van der Waals surface area contributed by atoms with E-state index in [0.717, 1.165) is 10.9 Å². The molecule has 0 bridgehead atoms. The molecule has 2 rings (SSSR count). The number of oxime groups is 1. The number of carboxylic acids is 2. The Hall–Kier alpha value is -2.87. The monoisotopic (exact) mass is 306 g/mol. The minimum absolute atomic E-state index is 0.335. The Kier molecular flexibility index (Phi) is 4.13. The van der Waals surface area contributed by atoms with Gasteiger partial charge in [-0.25, -0.2) is 9.59 Å². The molecule has 2 aromatic rings. The van der Waals surface area contributed by atoms with E-state index in [1.165, 1.54) is 0 Å². The van der Waals surface area contributed by atoms with Crippen LogP contribution in [-0.4, -0.2) is 48.8 Å². The molecule has 116 valence electrons. The number of aliphatic carboxylic acids is 2. The van der Waals surface area contributed by atoms with Gasteiger partial charge < -0.3 is 25.5 Å². The van der Waals surface area contributed by atoms with E-state index < -0.39 is 29.7 Å². The first-order valence-corrected chi connectivity index (χ1v) is 6.32. The molecule has 0 saturated carbocycles. The van der Waals surface area contributed by atoms with E-state index >= 15 is 0 Å². The standard InChI is InChI=1S/C14H14N2O6/c17-12(18)11(16-22)6-14(21,13(19)20)5-8-7-15-10-4-2-1-3-9(8)10/h1-4,7,15,21-22H,5-6H2,(H,17,18)(H,19,20)/t14-/m1/s1. The molecule has 0 aliphatic heterocycles. The Morgan fingerprint density at radius 3 is 2.50 bits per heavy atom.